The molecule has 0 saturated carbocycles. The molecule has 0 heterocycles. The van der Waals surface area contributed by atoms with Gasteiger partial charge in [0.05, 0.1) is 6.61 Å². The van der Waals surface area contributed by atoms with Crippen molar-refractivity contribution in [1.82, 2.24) is 0 Å². The SMILES string of the molecule is CCOC(=O)/C=C/c1ccccc1C(C#Cc1cccc2ccccc12)OC. The first-order chi connectivity index (χ1) is 13.7. The second kappa shape index (κ2) is 9.55. The fourth-order valence-electron chi connectivity index (χ4n) is 2.99. The molecule has 0 spiro atoms. The highest BCUT2D eigenvalue weighted by atomic mass is 16.5. The third-order valence-corrected chi connectivity index (χ3v) is 4.33. The zero-order valence-corrected chi connectivity index (χ0v) is 16.0. The van der Waals surface area contributed by atoms with Crippen molar-refractivity contribution >= 4 is 22.8 Å². The van der Waals surface area contributed by atoms with E-state index in [1.165, 1.54) is 6.08 Å². The van der Waals surface area contributed by atoms with Crippen LogP contribution in [0.2, 0.25) is 0 Å². The van der Waals surface area contributed by atoms with Crippen LogP contribution in [0.5, 0.6) is 0 Å². The van der Waals surface area contributed by atoms with Crippen LogP contribution in [-0.2, 0) is 14.3 Å². The van der Waals surface area contributed by atoms with Crippen LogP contribution >= 0.6 is 0 Å². The Kier molecular flexibility index (Phi) is 6.62. The lowest BCUT2D eigenvalue weighted by molar-refractivity contribution is -0.137. The molecule has 140 valence electrons. The first kappa shape index (κ1) is 19.4. The normalized spacial score (nSPS) is 11.8. The summed E-state index contributed by atoms with van der Waals surface area (Å²) in [4.78, 5) is 11.6. The number of hydrogen-bond acceptors (Lipinski definition) is 3. The molecule has 0 fully saturated rings. The van der Waals surface area contributed by atoms with Gasteiger partial charge in [0.25, 0.3) is 0 Å². The summed E-state index contributed by atoms with van der Waals surface area (Å²) in [6.07, 6.45) is 2.74. The lowest BCUT2D eigenvalue weighted by Gasteiger charge is -2.12. The Morgan fingerprint density at radius 3 is 2.61 bits per heavy atom. The van der Waals surface area contributed by atoms with Gasteiger partial charge < -0.3 is 9.47 Å². The molecule has 1 atom stereocenters. The largest absolute Gasteiger partial charge is 0.463 e. The zero-order chi connectivity index (χ0) is 19.8. The minimum atomic E-state index is -0.415. The van der Waals surface area contributed by atoms with Gasteiger partial charge in [0.15, 0.2) is 0 Å². The number of hydrogen-bond donors (Lipinski definition) is 0. The van der Waals surface area contributed by atoms with E-state index in [2.05, 4.69) is 30.0 Å². The van der Waals surface area contributed by atoms with E-state index in [0.29, 0.717) is 6.61 Å². The van der Waals surface area contributed by atoms with Gasteiger partial charge in [-0.3, -0.25) is 0 Å². The summed E-state index contributed by atoms with van der Waals surface area (Å²) < 4.78 is 10.6. The molecule has 1 unspecified atom stereocenters. The first-order valence-electron chi connectivity index (χ1n) is 9.18. The average Bonchev–Trinajstić information content (AvgIpc) is 2.73. The standard InChI is InChI=1S/C25H22O3/c1-3-28-25(26)18-16-21-10-5-7-14-23(21)24(27-2)17-15-20-12-8-11-19-9-4-6-13-22(19)20/h4-14,16,18,24H,3H2,1-2H3/b18-16+. The van der Waals surface area contributed by atoms with Crippen LogP contribution in [0.25, 0.3) is 16.8 Å². The Balaban J connectivity index is 1.93. The Morgan fingerprint density at radius 2 is 1.79 bits per heavy atom. The zero-order valence-electron chi connectivity index (χ0n) is 16.0. The van der Waals surface area contributed by atoms with E-state index >= 15 is 0 Å². The number of carbonyl (C=O) groups excluding carboxylic acids is 1. The Hall–Kier alpha value is -3.35. The van der Waals surface area contributed by atoms with Crippen molar-refractivity contribution in [3.05, 3.63) is 89.5 Å². The maximum Gasteiger partial charge on any atom is 0.330 e. The molecule has 0 N–H and O–H groups in total. The molecule has 3 aromatic rings. The number of carbonyl (C=O) groups is 1. The first-order valence-corrected chi connectivity index (χ1v) is 9.18. The minimum Gasteiger partial charge on any atom is -0.463 e. The van der Waals surface area contributed by atoms with Gasteiger partial charge in [-0.25, -0.2) is 4.79 Å². The highest BCUT2D eigenvalue weighted by Gasteiger charge is 2.11. The van der Waals surface area contributed by atoms with Crippen LogP contribution in [0.3, 0.4) is 0 Å². The van der Waals surface area contributed by atoms with Crippen LogP contribution in [0.4, 0.5) is 0 Å². The maximum absolute atomic E-state index is 11.6. The summed E-state index contributed by atoms with van der Waals surface area (Å²) in [5.41, 5.74) is 2.73. The van der Waals surface area contributed by atoms with Crippen LogP contribution in [0, 0.1) is 11.8 Å². The predicted octanol–water partition coefficient (Wildman–Crippen LogP) is 5.16. The molecule has 28 heavy (non-hydrogen) atoms. The molecule has 0 aromatic heterocycles. The molecule has 3 aromatic carbocycles. The van der Waals surface area contributed by atoms with Crippen molar-refractivity contribution < 1.29 is 14.3 Å². The average molecular weight is 370 g/mol. The van der Waals surface area contributed by atoms with Crippen molar-refractivity contribution in [2.45, 2.75) is 13.0 Å². The van der Waals surface area contributed by atoms with Crippen molar-refractivity contribution in [3.8, 4) is 11.8 Å². The molecule has 3 heteroatoms. The lowest BCUT2D eigenvalue weighted by atomic mass is 10.0. The molecule has 0 aliphatic carbocycles. The summed E-state index contributed by atoms with van der Waals surface area (Å²) in [6, 6.07) is 22.0. The quantitative estimate of drug-likeness (QED) is 0.354. The smallest absolute Gasteiger partial charge is 0.330 e. The maximum atomic E-state index is 11.6. The molecule has 3 rings (SSSR count). The fraction of sp³-hybridized carbons (Fsp3) is 0.160. The highest BCUT2D eigenvalue weighted by molar-refractivity contribution is 5.88. The molecule has 3 nitrogen and oxygen atoms in total. The Morgan fingerprint density at radius 1 is 1.04 bits per heavy atom. The summed E-state index contributed by atoms with van der Waals surface area (Å²) in [7, 11) is 1.63. The van der Waals surface area contributed by atoms with Gasteiger partial charge >= 0.3 is 5.97 Å². The van der Waals surface area contributed by atoms with Crippen molar-refractivity contribution in [3.63, 3.8) is 0 Å². The van der Waals surface area contributed by atoms with Crippen molar-refractivity contribution in [2.24, 2.45) is 0 Å². The number of esters is 1. The second-order valence-electron chi connectivity index (χ2n) is 6.13. The van der Waals surface area contributed by atoms with Gasteiger partial charge in [0.1, 0.15) is 6.10 Å². The van der Waals surface area contributed by atoms with E-state index in [-0.39, 0.29) is 5.97 Å². The number of fused-ring (bicyclic) bond motifs is 1. The predicted molar refractivity (Wildman–Crippen MR) is 113 cm³/mol. The summed E-state index contributed by atoms with van der Waals surface area (Å²) in [5.74, 6) is 6.12. The molecule has 0 aliphatic rings. The van der Waals surface area contributed by atoms with Gasteiger partial charge in [-0.2, -0.15) is 0 Å². The summed E-state index contributed by atoms with van der Waals surface area (Å²) in [5, 5.41) is 2.27. The Labute approximate surface area is 165 Å². The molecule has 0 amide bonds. The van der Waals surface area contributed by atoms with Gasteiger partial charge in [-0.05, 0) is 35.4 Å². The van der Waals surface area contributed by atoms with Crippen LogP contribution in [-0.4, -0.2) is 19.7 Å². The molecular weight excluding hydrogens is 348 g/mol. The van der Waals surface area contributed by atoms with Gasteiger partial charge in [0, 0.05) is 24.3 Å². The molecule has 0 saturated heterocycles. The minimum absolute atomic E-state index is 0.349. The molecule has 0 aliphatic heterocycles. The van der Waals surface area contributed by atoms with Crippen LogP contribution < -0.4 is 0 Å². The van der Waals surface area contributed by atoms with E-state index in [4.69, 9.17) is 9.47 Å². The van der Waals surface area contributed by atoms with Gasteiger partial charge in [0.2, 0.25) is 0 Å². The van der Waals surface area contributed by atoms with Gasteiger partial charge in [-0.15, -0.1) is 0 Å². The lowest BCUT2D eigenvalue weighted by Crippen LogP contribution is -2.02. The van der Waals surface area contributed by atoms with Crippen molar-refractivity contribution in [2.75, 3.05) is 13.7 Å². The number of ether oxygens (including phenoxy) is 2. The van der Waals surface area contributed by atoms with E-state index in [9.17, 15) is 4.79 Å². The fourth-order valence-corrected chi connectivity index (χ4v) is 2.99. The van der Waals surface area contributed by atoms with E-state index in [1.807, 2.05) is 48.5 Å². The van der Waals surface area contributed by atoms with Crippen LogP contribution in [0.15, 0.2) is 72.8 Å². The topological polar surface area (TPSA) is 35.5 Å². The Bertz CT molecular complexity index is 1050. The second-order valence-corrected chi connectivity index (χ2v) is 6.13. The van der Waals surface area contributed by atoms with Crippen LogP contribution in [0.1, 0.15) is 29.7 Å². The van der Waals surface area contributed by atoms with Gasteiger partial charge in [-0.1, -0.05) is 72.5 Å². The summed E-state index contributed by atoms with van der Waals surface area (Å²) in [6.45, 7) is 2.13. The van der Waals surface area contributed by atoms with E-state index in [0.717, 1.165) is 27.5 Å². The monoisotopic (exact) mass is 370 g/mol. The summed E-state index contributed by atoms with van der Waals surface area (Å²) >= 11 is 0. The number of benzene rings is 3. The number of methoxy groups -OCH3 is 1. The molecule has 0 radical (unpaired) electrons. The van der Waals surface area contributed by atoms with Crippen molar-refractivity contribution in [1.29, 1.82) is 0 Å². The molecular formula is C25H22O3. The van der Waals surface area contributed by atoms with E-state index in [1.54, 1.807) is 20.1 Å². The van der Waals surface area contributed by atoms with E-state index < -0.39 is 6.10 Å². The molecule has 0 bridgehead atoms. The third kappa shape index (κ3) is 4.68. The third-order valence-electron chi connectivity index (χ3n) is 4.33. The number of rotatable bonds is 5. The highest BCUT2D eigenvalue weighted by Crippen LogP contribution is 2.23.